The predicted molar refractivity (Wildman–Crippen MR) is 80.5 cm³/mol. The summed E-state index contributed by atoms with van der Waals surface area (Å²) in [4.78, 5) is 2.15. The second kappa shape index (κ2) is 5.74. The molecule has 2 rings (SSSR count). The summed E-state index contributed by atoms with van der Waals surface area (Å²) in [5.74, 6) is 0. The Morgan fingerprint density at radius 3 is 2.72 bits per heavy atom. The van der Waals surface area contributed by atoms with E-state index in [0.717, 1.165) is 22.8 Å². The van der Waals surface area contributed by atoms with E-state index >= 15 is 0 Å². The molecule has 2 N–H and O–H groups in total. The van der Waals surface area contributed by atoms with Gasteiger partial charge in [-0.1, -0.05) is 17.7 Å². The molecule has 1 aromatic heterocycles. The summed E-state index contributed by atoms with van der Waals surface area (Å²) in [6.45, 7) is 2.82. The van der Waals surface area contributed by atoms with Crippen molar-refractivity contribution >= 4 is 28.6 Å². The summed E-state index contributed by atoms with van der Waals surface area (Å²) in [7, 11) is 2.05. The molecule has 0 fully saturated rings. The van der Waals surface area contributed by atoms with E-state index in [1.807, 2.05) is 32.2 Å². The van der Waals surface area contributed by atoms with E-state index < -0.39 is 0 Å². The first-order valence-electron chi connectivity index (χ1n) is 5.85. The average molecular weight is 281 g/mol. The third kappa shape index (κ3) is 3.05. The number of thiophene rings is 1. The molecule has 0 aliphatic heterocycles. The molecule has 0 saturated carbocycles. The second-order valence-corrected chi connectivity index (χ2v) is 5.67. The molecule has 96 valence electrons. The lowest BCUT2D eigenvalue weighted by Gasteiger charge is -2.21. The quantitative estimate of drug-likeness (QED) is 0.915. The molecular weight excluding hydrogens is 264 g/mol. The van der Waals surface area contributed by atoms with Crippen molar-refractivity contribution in [3.05, 3.63) is 51.2 Å². The molecule has 18 heavy (non-hydrogen) atoms. The van der Waals surface area contributed by atoms with Crippen LogP contribution in [0.4, 0.5) is 5.69 Å². The fraction of sp³-hybridized carbons (Fsp3) is 0.286. The Kier molecular flexibility index (Phi) is 4.27. The molecule has 0 spiro atoms. The van der Waals surface area contributed by atoms with Crippen molar-refractivity contribution in [2.75, 3.05) is 11.9 Å². The highest BCUT2D eigenvalue weighted by Crippen LogP contribution is 2.29. The molecule has 0 aliphatic carbocycles. The van der Waals surface area contributed by atoms with Gasteiger partial charge >= 0.3 is 0 Å². The highest BCUT2D eigenvalue weighted by molar-refractivity contribution is 7.07. The molecule has 0 saturated heterocycles. The average Bonchev–Trinajstić information content (AvgIpc) is 2.81. The number of nitrogens with zero attached hydrogens (tertiary/aromatic N) is 1. The lowest BCUT2D eigenvalue weighted by Crippen LogP contribution is -2.16. The fourth-order valence-electron chi connectivity index (χ4n) is 1.86. The Bertz CT molecular complexity index is 509. The van der Waals surface area contributed by atoms with Gasteiger partial charge in [-0.25, -0.2) is 0 Å². The summed E-state index contributed by atoms with van der Waals surface area (Å²) in [5.41, 5.74) is 9.25. The largest absolute Gasteiger partial charge is 0.369 e. The minimum Gasteiger partial charge on any atom is -0.369 e. The number of halogens is 1. The lowest BCUT2D eigenvalue weighted by molar-refractivity contribution is 0.817. The predicted octanol–water partition coefficient (Wildman–Crippen LogP) is 4.06. The zero-order valence-corrected chi connectivity index (χ0v) is 12.1. The minimum atomic E-state index is 0.0127. The Hall–Kier alpha value is -1.03. The van der Waals surface area contributed by atoms with E-state index in [1.54, 1.807) is 11.3 Å². The van der Waals surface area contributed by atoms with Crippen molar-refractivity contribution in [1.82, 2.24) is 0 Å². The van der Waals surface area contributed by atoms with Crippen LogP contribution in [-0.2, 0) is 6.54 Å². The third-order valence-corrected chi connectivity index (χ3v) is 3.94. The number of hydrogen-bond acceptors (Lipinski definition) is 3. The maximum absolute atomic E-state index is 6.31. The maximum atomic E-state index is 6.31. The number of rotatable bonds is 4. The number of anilines is 1. The van der Waals surface area contributed by atoms with Crippen LogP contribution < -0.4 is 10.6 Å². The molecule has 0 radical (unpaired) electrons. The minimum absolute atomic E-state index is 0.0127. The van der Waals surface area contributed by atoms with Crippen LogP contribution in [0.15, 0.2) is 35.0 Å². The lowest BCUT2D eigenvalue weighted by atomic mass is 10.1. The van der Waals surface area contributed by atoms with Crippen molar-refractivity contribution in [3.63, 3.8) is 0 Å². The van der Waals surface area contributed by atoms with Gasteiger partial charge in [0.2, 0.25) is 0 Å². The van der Waals surface area contributed by atoms with Crippen LogP contribution in [0.25, 0.3) is 0 Å². The molecule has 1 aromatic carbocycles. The van der Waals surface area contributed by atoms with Gasteiger partial charge in [-0.3, -0.25) is 0 Å². The van der Waals surface area contributed by atoms with Crippen LogP contribution in [0.5, 0.6) is 0 Å². The fourth-order valence-corrected chi connectivity index (χ4v) is 2.85. The molecular formula is C14H17ClN2S. The first-order valence-corrected chi connectivity index (χ1v) is 7.17. The Labute approximate surface area is 117 Å². The zero-order chi connectivity index (χ0) is 13.1. The standard InChI is InChI=1S/C14H17ClN2S/c1-10(16)12-3-4-14(13(15)7-12)17(2)8-11-5-6-18-9-11/h3-7,9-10H,8,16H2,1-2H3/t10-/m1/s1. The molecule has 0 amide bonds. The molecule has 1 atom stereocenters. The van der Waals surface area contributed by atoms with Crippen molar-refractivity contribution in [2.24, 2.45) is 5.73 Å². The second-order valence-electron chi connectivity index (χ2n) is 4.49. The van der Waals surface area contributed by atoms with E-state index in [0.29, 0.717) is 0 Å². The molecule has 0 bridgehead atoms. The SMILES string of the molecule is C[C@@H](N)c1ccc(N(C)Cc2ccsc2)c(Cl)c1. The smallest absolute Gasteiger partial charge is 0.0642 e. The Morgan fingerprint density at radius 1 is 1.39 bits per heavy atom. The summed E-state index contributed by atoms with van der Waals surface area (Å²) >= 11 is 8.03. The first-order chi connectivity index (χ1) is 8.58. The van der Waals surface area contributed by atoms with Crippen LogP contribution in [0, 0.1) is 0 Å². The van der Waals surface area contributed by atoms with Crippen molar-refractivity contribution in [1.29, 1.82) is 0 Å². The third-order valence-electron chi connectivity index (χ3n) is 2.91. The van der Waals surface area contributed by atoms with E-state index in [9.17, 15) is 0 Å². The normalized spacial score (nSPS) is 12.4. The van der Waals surface area contributed by atoms with Gasteiger partial charge in [-0.05, 0) is 47.0 Å². The van der Waals surface area contributed by atoms with Gasteiger partial charge in [0.1, 0.15) is 0 Å². The summed E-state index contributed by atoms with van der Waals surface area (Å²) < 4.78 is 0. The van der Waals surface area contributed by atoms with Gasteiger partial charge in [0, 0.05) is 19.6 Å². The number of nitrogens with two attached hydrogens (primary N) is 1. The van der Waals surface area contributed by atoms with Crippen LogP contribution in [0.1, 0.15) is 24.1 Å². The van der Waals surface area contributed by atoms with Gasteiger partial charge in [-0.2, -0.15) is 11.3 Å². The van der Waals surface area contributed by atoms with Gasteiger partial charge in [0.05, 0.1) is 10.7 Å². The molecule has 2 nitrogen and oxygen atoms in total. The molecule has 2 aromatic rings. The number of benzene rings is 1. The highest BCUT2D eigenvalue weighted by Gasteiger charge is 2.09. The molecule has 0 aliphatic rings. The van der Waals surface area contributed by atoms with Gasteiger partial charge < -0.3 is 10.6 Å². The van der Waals surface area contributed by atoms with Crippen LogP contribution in [-0.4, -0.2) is 7.05 Å². The molecule has 0 unspecified atom stereocenters. The van der Waals surface area contributed by atoms with Crippen molar-refractivity contribution < 1.29 is 0 Å². The van der Waals surface area contributed by atoms with Crippen LogP contribution in [0.3, 0.4) is 0 Å². The van der Waals surface area contributed by atoms with Gasteiger partial charge in [0.15, 0.2) is 0 Å². The molecule has 1 heterocycles. The molecule has 4 heteroatoms. The first kappa shape index (κ1) is 13.4. The van der Waals surface area contributed by atoms with Crippen LogP contribution in [0.2, 0.25) is 5.02 Å². The zero-order valence-electron chi connectivity index (χ0n) is 10.6. The maximum Gasteiger partial charge on any atom is 0.0642 e. The van der Waals surface area contributed by atoms with E-state index in [1.165, 1.54) is 5.56 Å². The van der Waals surface area contributed by atoms with E-state index in [-0.39, 0.29) is 6.04 Å². The summed E-state index contributed by atoms with van der Waals surface area (Å²) in [6, 6.07) is 8.17. The Morgan fingerprint density at radius 2 is 2.17 bits per heavy atom. The van der Waals surface area contributed by atoms with Crippen molar-refractivity contribution in [3.8, 4) is 0 Å². The van der Waals surface area contributed by atoms with Gasteiger partial charge in [0.25, 0.3) is 0 Å². The van der Waals surface area contributed by atoms with Crippen molar-refractivity contribution in [2.45, 2.75) is 19.5 Å². The van der Waals surface area contributed by atoms with Crippen LogP contribution >= 0.6 is 22.9 Å². The Balaban J connectivity index is 2.17. The number of hydrogen-bond donors (Lipinski definition) is 1. The topological polar surface area (TPSA) is 29.3 Å². The monoisotopic (exact) mass is 280 g/mol. The van der Waals surface area contributed by atoms with Gasteiger partial charge in [-0.15, -0.1) is 0 Å². The summed E-state index contributed by atoms with van der Waals surface area (Å²) in [6.07, 6.45) is 0. The summed E-state index contributed by atoms with van der Waals surface area (Å²) in [5, 5.41) is 4.99. The van der Waals surface area contributed by atoms with E-state index in [4.69, 9.17) is 17.3 Å². The van der Waals surface area contributed by atoms with E-state index in [2.05, 4.69) is 21.7 Å². The highest BCUT2D eigenvalue weighted by atomic mass is 35.5.